The van der Waals surface area contributed by atoms with E-state index in [1.54, 1.807) is 42.5 Å². The molecule has 9 nitrogen and oxygen atoms in total. The Morgan fingerprint density at radius 3 is 2.78 bits per heavy atom. The van der Waals surface area contributed by atoms with E-state index in [-0.39, 0.29) is 23.2 Å². The summed E-state index contributed by atoms with van der Waals surface area (Å²) in [6, 6.07) is 11.7. The summed E-state index contributed by atoms with van der Waals surface area (Å²) in [7, 11) is 1.67. The monoisotopic (exact) mass is 500 g/mol. The molecule has 1 aliphatic heterocycles. The number of amides is 1. The molecular formula is C27H25FN6O3. The fraction of sp³-hybridized carbons (Fsp3) is 0.296. The number of nitrogens with zero attached hydrogens (tertiary/aromatic N) is 4. The van der Waals surface area contributed by atoms with Gasteiger partial charge in [0, 0.05) is 37.2 Å². The zero-order valence-electron chi connectivity index (χ0n) is 20.3. The van der Waals surface area contributed by atoms with Crippen LogP contribution in [0.5, 0.6) is 0 Å². The summed E-state index contributed by atoms with van der Waals surface area (Å²) >= 11 is 0. The number of ether oxygens (including phenoxy) is 1. The number of halogens is 1. The molecule has 0 unspecified atom stereocenters. The molecule has 1 aliphatic carbocycles. The third-order valence-corrected chi connectivity index (χ3v) is 7.00. The highest BCUT2D eigenvalue weighted by molar-refractivity contribution is 5.95. The average Bonchev–Trinajstić information content (AvgIpc) is 3.52. The number of aromatic nitrogens is 4. The molecule has 0 bridgehead atoms. The molecule has 2 aliphatic rings. The second kappa shape index (κ2) is 9.04. The van der Waals surface area contributed by atoms with E-state index in [4.69, 9.17) is 4.74 Å². The van der Waals surface area contributed by atoms with Crippen molar-refractivity contribution in [1.29, 1.82) is 0 Å². The van der Waals surface area contributed by atoms with Crippen LogP contribution in [-0.4, -0.2) is 50.2 Å². The van der Waals surface area contributed by atoms with Gasteiger partial charge in [-0.05, 0) is 36.6 Å². The molecular weight excluding hydrogens is 475 g/mol. The fourth-order valence-electron chi connectivity index (χ4n) is 4.84. The molecule has 3 heterocycles. The Hall–Kier alpha value is -4.18. The zero-order valence-corrected chi connectivity index (χ0v) is 20.3. The summed E-state index contributed by atoms with van der Waals surface area (Å²) < 4.78 is 20.1. The van der Waals surface area contributed by atoms with Crippen LogP contribution in [0.3, 0.4) is 0 Å². The van der Waals surface area contributed by atoms with Gasteiger partial charge in [-0.1, -0.05) is 24.3 Å². The Bertz CT molecular complexity index is 1580. The Morgan fingerprint density at radius 2 is 2.00 bits per heavy atom. The number of fused-ring (bicyclic) bond motifs is 2. The Kier molecular flexibility index (Phi) is 5.68. The SMILES string of the molecule is COCC1(Nc2ncc3c(n2)CN(C(=O)c2cc(Cc4n[nH]c(=O)c5ccccc45)ccc2F)C3)CC1. The van der Waals surface area contributed by atoms with Gasteiger partial charge in [-0.15, -0.1) is 0 Å². The largest absolute Gasteiger partial charge is 0.382 e. The first kappa shape index (κ1) is 23.2. The molecule has 0 radical (unpaired) electrons. The number of nitrogens with one attached hydrogen (secondary N) is 2. The van der Waals surface area contributed by atoms with E-state index >= 15 is 0 Å². The molecule has 0 saturated heterocycles. The number of benzene rings is 2. The van der Waals surface area contributed by atoms with E-state index in [1.165, 1.54) is 6.07 Å². The number of rotatable bonds is 7. The highest BCUT2D eigenvalue weighted by Crippen LogP contribution is 2.38. The van der Waals surface area contributed by atoms with Crippen molar-refractivity contribution >= 4 is 22.6 Å². The van der Waals surface area contributed by atoms with Crippen molar-refractivity contribution in [3.8, 4) is 0 Å². The normalized spacial score (nSPS) is 15.6. The minimum atomic E-state index is -0.590. The van der Waals surface area contributed by atoms with Crippen LogP contribution in [0.2, 0.25) is 0 Å². The Balaban J connectivity index is 1.21. The molecule has 10 heteroatoms. The maximum absolute atomic E-state index is 14.8. The van der Waals surface area contributed by atoms with E-state index < -0.39 is 11.7 Å². The van der Waals surface area contributed by atoms with Crippen molar-refractivity contribution in [2.24, 2.45) is 0 Å². The van der Waals surface area contributed by atoms with Crippen LogP contribution in [-0.2, 0) is 24.2 Å². The second-order valence-corrected chi connectivity index (χ2v) is 9.70. The second-order valence-electron chi connectivity index (χ2n) is 9.70. The van der Waals surface area contributed by atoms with E-state index in [9.17, 15) is 14.0 Å². The predicted molar refractivity (Wildman–Crippen MR) is 135 cm³/mol. The lowest BCUT2D eigenvalue weighted by Crippen LogP contribution is -2.28. The summed E-state index contributed by atoms with van der Waals surface area (Å²) in [5, 5.41) is 11.3. The number of aromatic amines is 1. The summed E-state index contributed by atoms with van der Waals surface area (Å²) in [6.07, 6.45) is 4.04. The van der Waals surface area contributed by atoms with Gasteiger partial charge in [0.15, 0.2) is 0 Å². The van der Waals surface area contributed by atoms with Crippen LogP contribution in [0.1, 0.15) is 45.7 Å². The first-order valence-corrected chi connectivity index (χ1v) is 12.1. The molecule has 1 fully saturated rings. The van der Waals surface area contributed by atoms with Crippen LogP contribution in [0.15, 0.2) is 53.5 Å². The molecule has 0 spiro atoms. The molecule has 37 heavy (non-hydrogen) atoms. The number of H-pyrrole nitrogens is 1. The molecule has 4 aromatic rings. The zero-order chi connectivity index (χ0) is 25.6. The lowest BCUT2D eigenvalue weighted by atomic mass is 10.0. The average molecular weight is 501 g/mol. The Labute approximate surface area is 211 Å². The molecule has 2 aromatic heterocycles. The third kappa shape index (κ3) is 4.44. The first-order chi connectivity index (χ1) is 17.9. The van der Waals surface area contributed by atoms with Crippen LogP contribution in [0, 0.1) is 5.82 Å². The van der Waals surface area contributed by atoms with Gasteiger partial charge in [0.25, 0.3) is 11.5 Å². The number of methoxy groups -OCH3 is 1. The molecule has 6 rings (SSSR count). The summed E-state index contributed by atoms with van der Waals surface area (Å²) in [5.41, 5.74) is 2.55. The molecule has 2 aromatic carbocycles. The van der Waals surface area contributed by atoms with Crippen molar-refractivity contribution in [3.63, 3.8) is 0 Å². The molecule has 2 N–H and O–H groups in total. The van der Waals surface area contributed by atoms with Gasteiger partial charge in [-0.2, -0.15) is 5.10 Å². The molecule has 0 atom stereocenters. The first-order valence-electron chi connectivity index (χ1n) is 12.1. The van der Waals surface area contributed by atoms with E-state index in [0.717, 1.165) is 29.5 Å². The van der Waals surface area contributed by atoms with E-state index in [0.29, 0.717) is 42.2 Å². The third-order valence-electron chi connectivity index (χ3n) is 7.00. The topological polar surface area (TPSA) is 113 Å². The number of anilines is 1. The highest BCUT2D eigenvalue weighted by Gasteiger charge is 2.43. The van der Waals surface area contributed by atoms with E-state index in [1.807, 2.05) is 12.1 Å². The van der Waals surface area contributed by atoms with Crippen LogP contribution in [0.25, 0.3) is 10.8 Å². The van der Waals surface area contributed by atoms with Crippen molar-refractivity contribution in [2.75, 3.05) is 19.0 Å². The van der Waals surface area contributed by atoms with Crippen molar-refractivity contribution in [1.82, 2.24) is 25.1 Å². The summed E-state index contributed by atoms with van der Waals surface area (Å²) in [5.74, 6) is -0.492. The molecule has 1 amide bonds. The lowest BCUT2D eigenvalue weighted by molar-refractivity contribution is 0.0745. The van der Waals surface area contributed by atoms with Crippen LogP contribution < -0.4 is 10.9 Å². The summed E-state index contributed by atoms with van der Waals surface area (Å²) in [4.78, 5) is 36.0. The van der Waals surface area contributed by atoms with Crippen LogP contribution >= 0.6 is 0 Å². The van der Waals surface area contributed by atoms with Crippen LogP contribution in [0.4, 0.5) is 10.3 Å². The van der Waals surface area contributed by atoms with Gasteiger partial charge in [0.2, 0.25) is 5.95 Å². The number of hydrogen-bond acceptors (Lipinski definition) is 7. The highest BCUT2D eigenvalue weighted by atomic mass is 19.1. The van der Waals surface area contributed by atoms with Gasteiger partial charge < -0.3 is 15.0 Å². The Morgan fingerprint density at radius 1 is 1.19 bits per heavy atom. The molecule has 188 valence electrons. The minimum Gasteiger partial charge on any atom is -0.382 e. The smallest absolute Gasteiger partial charge is 0.272 e. The van der Waals surface area contributed by atoms with Gasteiger partial charge >= 0.3 is 0 Å². The van der Waals surface area contributed by atoms with E-state index in [2.05, 4.69) is 25.5 Å². The number of hydrogen-bond donors (Lipinski definition) is 2. The fourth-order valence-corrected chi connectivity index (χ4v) is 4.84. The summed E-state index contributed by atoms with van der Waals surface area (Å²) in [6.45, 7) is 1.17. The van der Waals surface area contributed by atoms with Gasteiger partial charge in [0.05, 0.1) is 41.0 Å². The maximum atomic E-state index is 14.8. The standard InChI is InChI=1S/C27H25FN6O3/c1-37-15-27(8-9-27)31-26-29-12-17-13-34(14-23(17)30-26)25(36)20-10-16(6-7-21(20)28)11-22-18-4-2-3-5-19(18)24(35)33-32-22/h2-7,10,12H,8-9,11,13-15H2,1H3,(H,33,35)(H,29,30,31). The van der Waals surface area contributed by atoms with Gasteiger partial charge in [-0.3, -0.25) is 9.59 Å². The maximum Gasteiger partial charge on any atom is 0.272 e. The van der Waals surface area contributed by atoms with Crippen molar-refractivity contribution in [2.45, 2.75) is 37.9 Å². The predicted octanol–water partition coefficient (Wildman–Crippen LogP) is 3.19. The number of carbonyl (C=O) groups excluding carboxylic acids is 1. The number of carbonyl (C=O) groups is 1. The minimum absolute atomic E-state index is 0.0117. The molecule has 1 saturated carbocycles. The van der Waals surface area contributed by atoms with Gasteiger partial charge in [0.1, 0.15) is 5.82 Å². The van der Waals surface area contributed by atoms with Crippen molar-refractivity contribution < 1.29 is 13.9 Å². The van der Waals surface area contributed by atoms with Crippen molar-refractivity contribution in [3.05, 3.63) is 92.9 Å². The van der Waals surface area contributed by atoms with Gasteiger partial charge in [-0.25, -0.2) is 19.5 Å². The quantitative estimate of drug-likeness (QED) is 0.401. The lowest BCUT2D eigenvalue weighted by Gasteiger charge is -2.16.